The molecule has 7 heteroatoms. The van der Waals surface area contributed by atoms with Gasteiger partial charge in [0.1, 0.15) is 5.82 Å². The van der Waals surface area contributed by atoms with E-state index in [1.54, 1.807) is 0 Å². The van der Waals surface area contributed by atoms with Crippen LogP contribution in [-0.4, -0.2) is 43.7 Å². The van der Waals surface area contributed by atoms with Gasteiger partial charge >= 0.3 is 5.97 Å². The quantitative estimate of drug-likeness (QED) is 0.692. The molecule has 0 amide bonds. The van der Waals surface area contributed by atoms with Crippen LogP contribution < -0.4 is 5.56 Å². The summed E-state index contributed by atoms with van der Waals surface area (Å²) in [7, 11) is 0. The zero-order valence-electron chi connectivity index (χ0n) is 19.1. The highest BCUT2D eigenvalue weighted by atomic mass is 19.1. The highest BCUT2D eigenvalue weighted by Gasteiger charge is 2.36. The third kappa shape index (κ3) is 4.58. The molecule has 2 aliphatic rings. The van der Waals surface area contributed by atoms with Crippen molar-refractivity contribution < 1.29 is 14.3 Å². The van der Waals surface area contributed by atoms with Crippen LogP contribution in [0.15, 0.2) is 23.0 Å². The third-order valence-corrected chi connectivity index (χ3v) is 7.45. The van der Waals surface area contributed by atoms with Gasteiger partial charge in [0.15, 0.2) is 0 Å². The van der Waals surface area contributed by atoms with Crippen molar-refractivity contribution in [1.82, 2.24) is 14.5 Å². The molecule has 6 nitrogen and oxygen atoms in total. The van der Waals surface area contributed by atoms with Crippen molar-refractivity contribution in [3.05, 3.63) is 40.1 Å². The molecule has 0 bridgehead atoms. The second kappa shape index (κ2) is 9.69. The number of rotatable bonds is 5. The molecule has 1 aromatic heterocycles. The molecular formula is C25H34FN3O3. The SMILES string of the molecule is C[C@H]1CC[C@@H](C[C@H](C)n2c(=O)c(C(=O)O)nc3ccc(F)cc32)N1C1CCCCCCC1. The van der Waals surface area contributed by atoms with Crippen molar-refractivity contribution in [2.45, 2.75) is 102 Å². The number of carbonyl (C=O) groups is 1. The van der Waals surface area contributed by atoms with Crippen LogP contribution in [0.3, 0.4) is 0 Å². The molecule has 2 heterocycles. The number of halogens is 1. The maximum absolute atomic E-state index is 14.0. The number of carboxylic acid groups (broad SMARTS) is 1. The normalized spacial score (nSPS) is 24.3. The monoisotopic (exact) mass is 443 g/mol. The number of hydrogen-bond acceptors (Lipinski definition) is 4. The fraction of sp³-hybridized carbons (Fsp3) is 0.640. The van der Waals surface area contributed by atoms with E-state index < -0.39 is 23.0 Å². The Labute approximate surface area is 188 Å². The lowest BCUT2D eigenvalue weighted by Crippen LogP contribution is -2.44. The van der Waals surface area contributed by atoms with Gasteiger partial charge in [-0.05, 0) is 64.2 Å². The van der Waals surface area contributed by atoms with Crippen LogP contribution in [0, 0.1) is 5.82 Å². The fourth-order valence-electron chi connectivity index (χ4n) is 5.97. The average molecular weight is 444 g/mol. The minimum atomic E-state index is -1.35. The van der Waals surface area contributed by atoms with Crippen molar-refractivity contribution in [2.24, 2.45) is 0 Å². The van der Waals surface area contributed by atoms with E-state index in [1.165, 1.54) is 67.7 Å². The van der Waals surface area contributed by atoms with Gasteiger partial charge in [0.05, 0.1) is 11.0 Å². The van der Waals surface area contributed by atoms with Crippen molar-refractivity contribution in [3.63, 3.8) is 0 Å². The predicted molar refractivity (Wildman–Crippen MR) is 123 cm³/mol. The highest BCUT2D eigenvalue weighted by Crippen LogP contribution is 2.35. The minimum Gasteiger partial charge on any atom is -0.476 e. The summed E-state index contributed by atoms with van der Waals surface area (Å²) >= 11 is 0. The van der Waals surface area contributed by atoms with E-state index in [2.05, 4.69) is 16.8 Å². The second-order valence-corrected chi connectivity index (χ2v) is 9.68. The lowest BCUT2D eigenvalue weighted by molar-refractivity contribution is 0.0687. The van der Waals surface area contributed by atoms with Crippen LogP contribution in [-0.2, 0) is 0 Å². The average Bonchev–Trinajstić information content (AvgIpc) is 3.07. The van der Waals surface area contributed by atoms with E-state index >= 15 is 0 Å². The molecule has 32 heavy (non-hydrogen) atoms. The zero-order valence-corrected chi connectivity index (χ0v) is 19.1. The number of nitrogens with zero attached hydrogens (tertiary/aromatic N) is 3. The summed E-state index contributed by atoms with van der Waals surface area (Å²) in [6.45, 7) is 4.24. The first-order valence-electron chi connectivity index (χ1n) is 12.1. The molecule has 2 aromatic rings. The van der Waals surface area contributed by atoms with Crippen LogP contribution in [0.25, 0.3) is 11.0 Å². The second-order valence-electron chi connectivity index (χ2n) is 9.68. The number of aromatic nitrogens is 2. The van der Waals surface area contributed by atoms with E-state index in [4.69, 9.17) is 0 Å². The number of aromatic carboxylic acids is 1. The lowest BCUT2D eigenvalue weighted by Gasteiger charge is -2.38. The number of carboxylic acids is 1. The molecule has 174 valence electrons. The molecule has 1 aromatic carbocycles. The molecular weight excluding hydrogens is 409 g/mol. The third-order valence-electron chi connectivity index (χ3n) is 7.45. The minimum absolute atomic E-state index is 0.265. The Morgan fingerprint density at radius 3 is 2.53 bits per heavy atom. The molecule has 3 atom stereocenters. The van der Waals surface area contributed by atoms with Gasteiger partial charge in [-0.2, -0.15) is 0 Å². The first-order valence-corrected chi connectivity index (χ1v) is 12.1. The molecule has 1 aliphatic carbocycles. The summed E-state index contributed by atoms with van der Waals surface area (Å²) in [5.74, 6) is -1.82. The topological polar surface area (TPSA) is 75.4 Å². The number of likely N-dealkylation sites (tertiary alicyclic amines) is 1. The molecule has 1 saturated carbocycles. The number of fused-ring (bicyclic) bond motifs is 1. The van der Waals surface area contributed by atoms with Gasteiger partial charge in [-0.3, -0.25) is 9.69 Å². The van der Waals surface area contributed by atoms with Gasteiger partial charge in [-0.1, -0.05) is 32.1 Å². The van der Waals surface area contributed by atoms with E-state index in [0.29, 0.717) is 29.2 Å². The maximum atomic E-state index is 14.0. The summed E-state index contributed by atoms with van der Waals surface area (Å²) in [5, 5.41) is 9.51. The Hall–Kier alpha value is -2.28. The van der Waals surface area contributed by atoms with Crippen LogP contribution in [0.1, 0.15) is 94.6 Å². The fourth-order valence-corrected chi connectivity index (χ4v) is 5.97. The maximum Gasteiger partial charge on any atom is 0.360 e. The van der Waals surface area contributed by atoms with Crippen molar-refractivity contribution in [3.8, 4) is 0 Å². The van der Waals surface area contributed by atoms with Gasteiger partial charge in [-0.25, -0.2) is 14.2 Å². The van der Waals surface area contributed by atoms with Crippen LogP contribution >= 0.6 is 0 Å². The van der Waals surface area contributed by atoms with Crippen LogP contribution in [0.2, 0.25) is 0 Å². The van der Waals surface area contributed by atoms with E-state index in [9.17, 15) is 19.1 Å². The standard InChI is InChI=1S/C25H34FN3O3/c1-16-10-12-20(28(16)19-8-6-4-3-5-7-9-19)14-17(2)29-22-15-18(26)11-13-21(22)27-23(24(29)30)25(31)32/h11,13,15-17,19-20H,3-10,12,14H2,1-2H3,(H,31,32)/t16-,17-,20-/m0/s1. The van der Waals surface area contributed by atoms with Gasteiger partial charge < -0.3 is 9.67 Å². The molecule has 1 saturated heterocycles. The van der Waals surface area contributed by atoms with Crippen molar-refractivity contribution in [1.29, 1.82) is 0 Å². The first kappa shape index (κ1) is 22.9. The van der Waals surface area contributed by atoms with E-state index in [0.717, 1.165) is 19.3 Å². The summed E-state index contributed by atoms with van der Waals surface area (Å²) in [4.78, 5) is 31.4. The highest BCUT2D eigenvalue weighted by molar-refractivity contribution is 5.88. The summed E-state index contributed by atoms with van der Waals surface area (Å²) in [5.41, 5.74) is -0.484. The van der Waals surface area contributed by atoms with Crippen LogP contribution in [0.5, 0.6) is 0 Å². The van der Waals surface area contributed by atoms with Gasteiger partial charge in [0, 0.05) is 24.2 Å². The van der Waals surface area contributed by atoms with Gasteiger partial charge in [0.2, 0.25) is 5.69 Å². The predicted octanol–water partition coefficient (Wildman–Crippen LogP) is 5.15. The van der Waals surface area contributed by atoms with Crippen molar-refractivity contribution >= 4 is 17.0 Å². The Morgan fingerprint density at radius 1 is 1.16 bits per heavy atom. The summed E-state index contributed by atoms with van der Waals surface area (Å²) in [6, 6.07) is 5.13. The summed E-state index contributed by atoms with van der Waals surface area (Å²) < 4.78 is 15.5. The zero-order chi connectivity index (χ0) is 22.8. The lowest BCUT2D eigenvalue weighted by atomic mass is 9.94. The molecule has 0 radical (unpaired) electrons. The Morgan fingerprint density at radius 2 is 1.84 bits per heavy atom. The molecule has 1 N–H and O–H groups in total. The number of hydrogen-bond donors (Lipinski definition) is 1. The molecule has 4 rings (SSSR count). The Bertz CT molecular complexity index is 1030. The van der Waals surface area contributed by atoms with Crippen LogP contribution in [0.4, 0.5) is 4.39 Å². The largest absolute Gasteiger partial charge is 0.476 e. The number of benzene rings is 1. The Balaban J connectivity index is 1.66. The molecule has 1 aliphatic heterocycles. The van der Waals surface area contributed by atoms with Gasteiger partial charge in [0.25, 0.3) is 5.56 Å². The molecule has 0 unspecified atom stereocenters. The molecule has 0 spiro atoms. The first-order chi connectivity index (χ1) is 15.4. The Kier molecular flexibility index (Phi) is 6.93. The van der Waals surface area contributed by atoms with E-state index in [1.807, 2.05) is 6.92 Å². The summed E-state index contributed by atoms with van der Waals surface area (Å²) in [6.07, 6.45) is 11.9. The van der Waals surface area contributed by atoms with Crippen molar-refractivity contribution in [2.75, 3.05) is 0 Å². The van der Waals surface area contributed by atoms with Gasteiger partial charge in [-0.15, -0.1) is 0 Å². The molecule has 2 fully saturated rings. The smallest absolute Gasteiger partial charge is 0.360 e. The van der Waals surface area contributed by atoms with E-state index in [-0.39, 0.29) is 6.04 Å².